The maximum atomic E-state index is 13.1. The van der Waals surface area contributed by atoms with E-state index in [2.05, 4.69) is 20.6 Å². The number of aliphatic hydroxyl groups excluding tert-OH is 1. The minimum atomic E-state index is -0.358. The van der Waals surface area contributed by atoms with Gasteiger partial charge in [-0.15, -0.1) is 11.3 Å². The van der Waals surface area contributed by atoms with Crippen molar-refractivity contribution in [3.8, 4) is 17.1 Å². The minimum Gasteiger partial charge on any atom is -0.492 e. The summed E-state index contributed by atoms with van der Waals surface area (Å²) in [5.41, 5.74) is 2.23. The molecule has 1 aliphatic rings. The van der Waals surface area contributed by atoms with Gasteiger partial charge in [-0.3, -0.25) is 4.79 Å². The topological polar surface area (TPSA) is 110 Å². The predicted molar refractivity (Wildman–Crippen MR) is 126 cm³/mol. The SMILES string of the molecule is O=C(NC(c1nc(O)c(CCCO)s1)C1CCCCN1)c1ccc(-c2ccc(Cl)cc2)[nH]1. The maximum Gasteiger partial charge on any atom is 0.268 e. The van der Waals surface area contributed by atoms with Gasteiger partial charge in [-0.2, -0.15) is 0 Å². The third kappa shape index (κ3) is 5.32. The first-order chi connectivity index (χ1) is 15.5. The monoisotopic (exact) mass is 474 g/mol. The number of hydrogen-bond acceptors (Lipinski definition) is 6. The third-order valence-corrected chi connectivity index (χ3v) is 7.08. The molecule has 1 aromatic carbocycles. The van der Waals surface area contributed by atoms with E-state index in [1.165, 1.54) is 11.3 Å². The fourth-order valence-electron chi connectivity index (χ4n) is 3.94. The van der Waals surface area contributed by atoms with E-state index < -0.39 is 0 Å². The van der Waals surface area contributed by atoms with Crippen LogP contribution in [0.15, 0.2) is 36.4 Å². The molecule has 170 valence electrons. The number of hydrogen-bond donors (Lipinski definition) is 5. The molecule has 9 heteroatoms. The number of carbonyl (C=O) groups is 1. The van der Waals surface area contributed by atoms with Gasteiger partial charge in [-0.25, -0.2) is 4.98 Å². The van der Waals surface area contributed by atoms with Crippen LogP contribution in [0.1, 0.15) is 52.1 Å². The van der Waals surface area contributed by atoms with E-state index in [-0.39, 0.29) is 30.5 Å². The van der Waals surface area contributed by atoms with Crippen molar-refractivity contribution in [2.24, 2.45) is 0 Å². The number of aliphatic hydroxyl groups is 1. The summed E-state index contributed by atoms with van der Waals surface area (Å²) in [6.45, 7) is 0.939. The first-order valence-corrected chi connectivity index (χ1v) is 12.0. The second-order valence-electron chi connectivity index (χ2n) is 7.93. The Hall–Kier alpha value is -2.39. The lowest BCUT2D eigenvalue weighted by Gasteiger charge is -2.30. The van der Waals surface area contributed by atoms with E-state index >= 15 is 0 Å². The second kappa shape index (κ2) is 10.5. The van der Waals surface area contributed by atoms with Crippen molar-refractivity contribution >= 4 is 28.8 Å². The van der Waals surface area contributed by atoms with Crippen LogP contribution in [-0.4, -0.2) is 45.3 Å². The van der Waals surface area contributed by atoms with E-state index in [1.807, 2.05) is 30.3 Å². The first-order valence-electron chi connectivity index (χ1n) is 10.8. The van der Waals surface area contributed by atoms with Crippen molar-refractivity contribution in [3.05, 3.63) is 57.0 Å². The summed E-state index contributed by atoms with van der Waals surface area (Å²) in [5.74, 6) is -0.243. The number of aromatic amines is 1. The molecule has 5 N–H and O–H groups in total. The van der Waals surface area contributed by atoms with Crippen molar-refractivity contribution in [1.29, 1.82) is 0 Å². The molecule has 0 aliphatic carbocycles. The van der Waals surface area contributed by atoms with Crippen LogP contribution in [0.4, 0.5) is 0 Å². The molecule has 0 bridgehead atoms. The molecule has 1 aliphatic heterocycles. The molecule has 3 heterocycles. The van der Waals surface area contributed by atoms with Crippen LogP contribution in [-0.2, 0) is 6.42 Å². The van der Waals surface area contributed by atoms with Crippen molar-refractivity contribution in [2.75, 3.05) is 13.2 Å². The fraction of sp³-hybridized carbons (Fsp3) is 0.391. The van der Waals surface area contributed by atoms with Crippen LogP contribution >= 0.6 is 22.9 Å². The first kappa shape index (κ1) is 22.8. The number of benzene rings is 1. The quantitative estimate of drug-likeness (QED) is 0.338. The Morgan fingerprint density at radius 2 is 2.06 bits per heavy atom. The Balaban J connectivity index is 1.54. The largest absolute Gasteiger partial charge is 0.492 e. The number of rotatable bonds is 8. The summed E-state index contributed by atoms with van der Waals surface area (Å²) in [6.07, 6.45) is 4.20. The summed E-state index contributed by atoms with van der Waals surface area (Å²) < 4.78 is 0. The highest BCUT2D eigenvalue weighted by Crippen LogP contribution is 2.33. The van der Waals surface area contributed by atoms with E-state index in [4.69, 9.17) is 16.7 Å². The number of nitrogens with one attached hydrogen (secondary N) is 3. The number of aromatic nitrogens is 2. The molecule has 1 fully saturated rings. The summed E-state index contributed by atoms with van der Waals surface area (Å²) >= 11 is 7.36. The van der Waals surface area contributed by atoms with Crippen LogP contribution in [0.25, 0.3) is 11.3 Å². The molecule has 4 rings (SSSR count). The zero-order valence-corrected chi connectivity index (χ0v) is 19.2. The number of aromatic hydroxyl groups is 1. The minimum absolute atomic E-state index is 0.0154. The molecule has 2 aromatic heterocycles. The Morgan fingerprint density at radius 1 is 1.25 bits per heavy atom. The number of piperidine rings is 1. The number of thiazole rings is 1. The second-order valence-corrected chi connectivity index (χ2v) is 9.48. The van der Waals surface area contributed by atoms with Gasteiger partial charge < -0.3 is 25.8 Å². The number of H-pyrrole nitrogens is 1. The molecule has 0 radical (unpaired) electrons. The Labute approximate surface area is 195 Å². The van der Waals surface area contributed by atoms with Crippen LogP contribution in [0.2, 0.25) is 5.02 Å². The fourth-order valence-corrected chi connectivity index (χ4v) is 5.18. The molecule has 0 spiro atoms. The molecule has 1 amide bonds. The predicted octanol–water partition coefficient (Wildman–Crippen LogP) is 4.04. The highest BCUT2D eigenvalue weighted by atomic mass is 35.5. The molecule has 0 saturated carbocycles. The average Bonchev–Trinajstić information content (AvgIpc) is 3.44. The van der Waals surface area contributed by atoms with Crippen molar-refractivity contribution in [3.63, 3.8) is 0 Å². The van der Waals surface area contributed by atoms with Gasteiger partial charge in [0.2, 0.25) is 5.88 Å². The third-order valence-electron chi connectivity index (χ3n) is 5.64. The molecular formula is C23H27ClN4O3S. The Kier molecular flexibility index (Phi) is 7.47. The molecular weight excluding hydrogens is 448 g/mol. The Bertz CT molecular complexity index is 1040. The summed E-state index contributed by atoms with van der Waals surface area (Å²) in [7, 11) is 0. The van der Waals surface area contributed by atoms with Gasteiger partial charge in [0.15, 0.2) is 0 Å². The van der Waals surface area contributed by atoms with E-state index in [9.17, 15) is 9.90 Å². The van der Waals surface area contributed by atoms with Crippen LogP contribution in [0.5, 0.6) is 5.88 Å². The van der Waals surface area contributed by atoms with Gasteiger partial charge in [-0.05, 0) is 62.1 Å². The molecule has 1 saturated heterocycles. The molecule has 7 nitrogen and oxygen atoms in total. The lowest BCUT2D eigenvalue weighted by molar-refractivity contribution is 0.0918. The Morgan fingerprint density at radius 3 is 2.78 bits per heavy atom. The summed E-state index contributed by atoms with van der Waals surface area (Å²) in [6, 6.07) is 10.7. The summed E-state index contributed by atoms with van der Waals surface area (Å²) in [5, 5.41) is 27.3. The standard InChI is InChI=1S/C23H27ClN4O3S/c24-15-8-6-14(7-9-15)16-10-11-18(26-16)21(30)27-20(17-4-1-2-12-25-17)23-28-22(31)19(32-23)5-3-13-29/h6-11,17,20,25-26,29,31H,1-5,12-13H2,(H,27,30). The highest BCUT2D eigenvalue weighted by Gasteiger charge is 2.30. The molecule has 32 heavy (non-hydrogen) atoms. The number of aryl methyl sites for hydroxylation is 1. The average molecular weight is 475 g/mol. The van der Waals surface area contributed by atoms with Crippen LogP contribution in [0.3, 0.4) is 0 Å². The van der Waals surface area contributed by atoms with E-state index in [1.54, 1.807) is 6.07 Å². The van der Waals surface area contributed by atoms with Crippen LogP contribution in [0, 0.1) is 0 Å². The lowest BCUT2D eigenvalue weighted by atomic mass is 9.98. The zero-order valence-electron chi connectivity index (χ0n) is 17.6. The smallest absolute Gasteiger partial charge is 0.268 e. The van der Waals surface area contributed by atoms with Crippen molar-refractivity contribution in [2.45, 2.75) is 44.2 Å². The zero-order chi connectivity index (χ0) is 22.5. The van der Waals surface area contributed by atoms with E-state index in [0.717, 1.165) is 41.9 Å². The van der Waals surface area contributed by atoms with Gasteiger partial charge >= 0.3 is 0 Å². The number of amides is 1. The maximum absolute atomic E-state index is 13.1. The van der Waals surface area contributed by atoms with Crippen molar-refractivity contribution in [1.82, 2.24) is 20.6 Å². The molecule has 2 atom stereocenters. The summed E-state index contributed by atoms with van der Waals surface area (Å²) in [4.78, 5) is 21.4. The van der Waals surface area contributed by atoms with Gasteiger partial charge in [0, 0.05) is 23.4 Å². The van der Waals surface area contributed by atoms with Crippen molar-refractivity contribution < 1.29 is 15.0 Å². The van der Waals surface area contributed by atoms with Gasteiger partial charge in [-0.1, -0.05) is 30.2 Å². The van der Waals surface area contributed by atoms with E-state index in [0.29, 0.717) is 28.6 Å². The lowest BCUT2D eigenvalue weighted by Crippen LogP contribution is -2.46. The molecule has 3 aromatic rings. The van der Waals surface area contributed by atoms with Gasteiger partial charge in [0.25, 0.3) is 5.91 Å². The normalized spacial score (nSPS) is 17.2. The van der Waals surface area contributed by atoms with Gasteiger partial charge in [0.05, 0.1) is 10.9 Å². The number of nitrogens with zero attached hydrogens (tertiary/aromatic N) is 1. The highest BCUT2D eigenvalue weighted by molar-refractivity contribution is 7.12. The number of carbonyl (C=O) groups excluding carboxylic acids is 1. The molecule has 2 unspecified atom stereocenters. The van der Waals surface area contributed by atoms with Gasteiger partial charge in [0.1, 0.15) is 10.7 Å². The number of halogens is 1. The van der Waals surface area contributed by atoms with Crippen LogP contribution < -0.4 is 10.6 Å².